The SMILES string of the molecule is C#Cc1cccc2cc(N)cc(-c3nc4c5c(nc(OCC67CC(=C)CN6C[C@H](F)C7)nc5c3F)N3C[C@H]5CC[C@H](N5)[C@H]3[C@H](C)O4)c12. The number of nitrogens with two attached hydrogens (primary N) is 1. The third kappa shape index (κ3) is 4.31. The van der Waals surface area contributed by atoms with Crippen molar-refractivity contribution < 1.29 is 18.3 Å². The van der Waals surface area contributed by atoms with Crippen LogP contribution < -0.4 is 25.4 Å². The smallest absolute Gasteiger partial charge is 0.319 e. The van der Waals surface area contributed by atoms with Gasteiger partial charge in [-0.3, -0.25) is 4.90 Å². The Bertz CT molecular complexity index is 2050. The first-order valence-electron chi connectivity index (χ1n) is 16.3. The van der Waals surface area contributed by atoms with Gasteiger partial charge in [0.15, 0.2) is 5.82 Å². The predicted octanol–water partition coefficient (Wildman–Crippen LogP) is 4.76. The summed E-state index contributed by atoms with van der Waals surface area (Å²) in [5, 5.41) is 5.57. The van der Waals surface area contributed by atoms with E-state index in [-0.39, 0.29) is 53.9 Å². The van der Waals surface area contributed by atoms with Crippen molar-refractivity contribution in [2.75, 3.05) is 36.9 Å². The van der Waals surface area contributed by atoms with Crippen molar-refractivity contribution in [2.45, 2.75) is 68.5 Å². The van der Waals surface area contributed by atoms with Crippen molar-refractivity contribution in [3.05, 3.63) is 53.9 Å². The van der Waals surface area contributed by atoms with E-state index in [1.54, 1.807) is 6.07 Å². The van der Waals surface area contributed by atoms with Crippen LogP contribution in [0, 0.1) is 18.2 Å². The van der Waals surface area contributed by atoms with Crippen molar-refractivity contribution in [1.82, 2.24) is 25.2 Å². The average Bonchev–Trinajstić information content (AvgIpc) is 3.64. The van der Waals surface area contributed by atoms with Gasteiger partial charge in [-0.15, -0.1) is 6.42 Å². The number of pyridine rings is 1. The number of ether oxygens (including phenoxy) is 2. The molecule has 0 spiro atoms. The van der Waals surface area contributed by atoms with Gasteiger partial charge >= 0.3 is 6.01 Å². The molecule has 11 heteroatoms. The first-order valence-corrected chi connectivity index (χ1v) is 16.3. The molecule has 3 N–H and O–H groups in total. The summed E-state index contributed by atoms with van der Waals surface area (Å²) in [7, 11) is 0. The molecule has 4 saturated heterocycles. The van der Waals surface area contributed by atoms with Crippen LogP contribution in [0.1, 0.15) is 38.2 Å². The van der Waals surface area contributed by atoms with E-state index in [1.165, 1.54) is 0 Å². The summed E-state index contributed by atoms with van der Waals surface area (Å²) in [5.41, 5.74) is 8.41. The lowest BCUT2D eigenvalue weighted by atomic mass is 9.93. The molecule has 2 bridgehead atoms. The standard InChI is InChI=1S/C36H35F2N7O2/c1-4-20-6-5-7-21-10-23(39)11-25(27(20)21)30-29(38)31-28-33(45-16-24-8-9-26(40-24)32(45)19(3)47-34(28)41-30)43-35(42-31)46-17-36-12-18(2)14-44(36)15-22(37)13-36/h1,5-7,10-11,19,22,24,26,32,40H,2,8-9,12-17,39H2,3H3/t19-,22+,24+,26-,32+,36?/m0/s1. The van der Waals surface area contributed by atoms with Crippen molar-refractivity contribution in [3.8, 4) is 35.5 Å². The van der Waals surface area contributed by atoms with Gasteiger partial charge in [0, 0.05) is 60.3 Å². The minimum Gasteiger partial charge on any atom is -0.472 e. The Morgan fingerprint density at radius 3 is 2.94 bits per heavy atom. The summed E-state index contributed by atoms with van der Waals surface area (Å²) in [6.45, 7) is 8.00. The zero-order chi connectivity index (χ0) is 32.2. The largest absolute Gasteiger partial charge is 0.472 e. The molecular formula is C36H35F2N7O2. The molecular weight excluding hydrogens is 600 g/mol. The molecule has 7 heterocycles. The van der Waals surface area contributed by atoms with E-state index >= 15 is 4.39 Å². The molecule has 5 aliphatic rings. The number of alkyl halides is 1. The molecule has 240 valence electrons. The number of fused-ring (bicyclic) bond motifs is 7. The van der Waals surface area contributed by atoms with E-state index in [0.29, 0.717) is 65.9 Å². The van der Waals surface area contributed by atoms with E-state index in [0.717, 1.165) is 23.8 Å². The van der Waals surface area contributed by atoms with Crippen molar-refractivity contribution in [3.63, 3.8) is 0 Å². The van der Waals surface area contributed by atoms with Gasteiger partial charge in [0.25, 0.3) is 0 Å². The quantitative estimate of drug-likeness (QED) is 0.187. The highest BCUT2D eigenvalue weighted by Gasteiger charge is 2.51. The van der Waals surface area contributed by atoms with Gasteiger partial charge in [-0.25, -0.2) is 13.8 Å². The molecule has 0 radical (unpaired) electrons. The molecule has 0 saturated carbocycles. The van der Waals surface area contributed by atoms with Crippen molar-refractivity contribution in [2.24, 2.45) is 0 Å². The predicted molar refractivity (Wildman–Crippen MR) is 177 cm³/mol. The van der Waals surface area contributed by atoms with E-state index in [1.807, 2.05) is 31.2 Å². The Hall–Kier alpha value is -4.53. The lowest BCUT2D eigenvalue weighted by Crippen LogP contribution is -2.62. The third-order valence-corrected chi connectivity index (χ3v) is 10.8. The van der Waals surface area contributed by atoms with Crippen LogP contribution in [-0.2, 0) is 0 Å². The van der Waals surface area contributed by atoms with Gasteiger partial charge in [-0.2, -0.15) is 9.97 Å². The molecule has 2 aromatic heterocycles. The molecule has 9 nitrogen and oxygen atoms in total. The highest BCUT2D eigenvalue weighted by molar-refractivity contribution is 6.04. The van der Waals surface area contributed by atoms with E-state index in [9.17, 15) is 4.39 Å². The lowest BCUT2D eigenvalue weighted by molar-refractivity contribution is 0.107. The number of hydrogen-bond donors (Lipinski definition) is 2. The monoisotopic (exact) mass is 635 g/mol. The van der Waals surface area contributed by atoms with Gasteiger partial charge < -0.3 is 25.4 Å². The molecule has 0 aliphatic carbocycles. The highest BCUT2D eigenvalue weighted by Crippen LogP contribution is 2.46. The Balaban J connectivity index is 1.25. The molecule has 4 aromatic rings. The molecule has 0 amide bonds. The second-order valence-corrected chi connectivity index (χ2v) is 13.9. The summed E-state index contributed by atoms with van der Waals surface area (Å²) < 4.78 is 44.8. The van der Waals surface area contributed by atoms with E-state index < -0.39 is 17.5 Å². The normalized spacial score (nSPS) is 29.4. The summed E-state index contributed by atoms with van der Waals surface area (Å²) in [6.07, 6.45) is 7.67. The Morgan fingerprint density at radius 2 is 2.09 bits per heavy atom. The third-order valence-electron chi connectivity index (χ3n) is 10.8. The average molecular weight is 636 g/mol. The first-order chi connectivity index (χ1) is 22.7. The zero-order valence-corrected chi connectivity index (χ0v) is 26.1. The number of piperazine rings is 1. The summed E-state index contributed by atoms with van der Waals surface area (Å²) in [6, 6.07) is 9.45. The molecule has 47 heavy (non-hydrogen) atoms. The van der Waals surface area contributed by atoms with Crippen LogP contribution in [0.25, 0.3) is 32.9 Å². The molecule has 2 aromatic carbocycles. The number of terminal acetylenes is 1. The number of anilines is 2. The van der Waals surface area contributed by atoms with Crippen LogP contribution in [0.5, 0.6) is 11.9 Å². The van der Waals surface area contributed by atoms with E-state index in [2.05, 4.69) is 27.6 Å². The van der Waals surface area contributed by atoms with Gasteiger partial charge in [0.1, 0.15) is 41.3 Å². The molecule has 9 rings (SSSR count). The maximum Gasteiger partial charge on any atom is 0.319 e. The van der Waals surface area contributed by atoms with Crippen LogP contribution in [0.3, 0.4) is 0 Å². The van der Waals surface area contributed by atoms with E-state index in [4.69, 9.17) is 36.6 Å². The Labute approximate surface area is 271 Å². The van der Waals surface area contributed by atoms with Gasteiger partial charge in [0.2, 0.25) is 5.88 Å². The van der Waals surface area contributed by atoms with Crippen LogP contribution in [0.4, 0.5) is 20.3 Å². The topological polar surface area (TPSA) is 102 Å². The Morgan fingerprint density at radius 1 is 1.21 bits per heavy atom. The highest BCUT2D eigenvalue weighted by atomic mass is 19.1. The fourth-order valence-corrected chi connectivity index (χ4v) is 8.94. The van der Waals surface area contributed by atoms with Crippen LogP contribution in [0.15, 0.2) is 42.5 Å². The maximum atomic E-state index is 17.2. The number of hydrogen-bond acceptors (Lipinski definition) is 9. The first kappa shape index (κ1) is 28.7. The summed E-state index contributed by atoms with van der Waals surface area (Å²) in [5.74, 6) is 2.86. The molecule has 5 aliphatic heterocycles. The van der Waals surface area contributed by atoms with Gasteiger partial charge in [-0.1, -0.05) is 30.2 Å². The summed E-state index contributed by atoms with van der Waals surface area (Å²) >= 11 is 0. The number of halogens is 2. The second kappa shape index (κ2) is 10.2. The van der Waals surface area contributed by atoms with Crippen LogP contribution >= 0.6 is 0 Å². The molecule has 6 atom stereocenters. The number of benzene rings is 2. The minimum absolute atomic E-state index is 0.0303. The lowest BCUT2D eigenvalue weighted by Gasteiger charge is -2.42. The number of nitrogens with zero attached hydrogens (tertiary/aromatic N) is 5. The second-order valence-electron chi connectivity index (χ2n) is 13.9. The zero-order valence-electron chi connectivity index (χ0n) is 26.1. The molecule has 4 fully saturated rings. The Kier molecular flexibility index (Phi) is 6.24. The fourth-order valence-electron chi connectivity index (χ4n) is 8.94. The van der Waals surface area contributed by atoms with Crippen molar-refractivity contribution in [1.29, 1.82) is 0 Å². The maximum absolute atomic E-state index is 17.2. The minimum atomic E-state index is -0.945. The fraction of sp³-hybridized carbons (Fsp3) is 0.417. The van der Waals surface area contributed by atoms with Gasteiger partial charge in [-0.05, 0) is 49.8 Å². The number of nitrogens with one attached hydrogen (secondary N) is 1. The molecule has 1 unspecified atom stereocenters. The van der Waals surface area contributed by atoms with Crippen LogP contribution in [-0.4, -0.2) is 82.0 Å². The van der Waals surface area contributed by atoms with Gasteiger partial charge in [0.05, 0.1) is 11.6 Å². The number of nitrogen functional groups attached to an aromatic ring is 1. The number of aromatic nitrogens is 3. The van der Waals surface area contributed by atoms with Crippen molar-refractivity contribution >= 4 is 33.2 Å². The van der Waals surface area contributed by atoms with Crippen LogP contribution in [0.2, 0.25) is 0 Å². The number of rotatable bonds is 4. The summed E-state index contributed by atoms with van der Waals surface area (Å²) in [4.78, 5) is 18.8.